The molecule has 0 atom stereocenters. The number of thiophene rings is 1. The molecule has 0 spiro atoms. The monoisotopic (exact) mass is 737 g/mol. The number of anilines is 3. The van der Waals surface area contributed by atoms with Crippen molar-refractivity contribution in [3.63, 3.8) is 0 Å². The fourth-order valence-corrected chi connectivity index (χ4v) is 8.32. The van der Waals surface area contributed by atoms with Gasteiger partial charge in [-0.25, -0.2) is 18.0 Å². The number of ether oxygens (including phenoxy) is 1. The topological polar surface area (TPSA) is 168 Å². The fraction of sp³-hybridized carbons (Fsp3) is 0.179. The summed E-state index contributed by atoms with van der Waals surface area (Å²) in [5, 5.41) is 15.4. The van der Waals surface area contributed by atoms with Gasteiger partial charge in [0.15, 0.2) is 0 Å². The molecule has 2 amide bonds. The quantitative estimate of drug-likeness (QED) is 0.0975. The van der Waals surface area contributed by atoms with Crippen LogP contribution >= 0.6 is 11.3 Å². The van der Waals surface area contributed by atoms with Gasteiger partial charge in [0.1, 0.15) is 5.00 Å². The predicted molar refractivity (Wildman–Crippen MR) is 199 cm³/mol. The zero-order valence-electron chi connectivity index (χ0n) is 28.1. The summed E-state index contributed by atoms with van der Waals surface area (Å²) in [6.45, 7) is 0. The van der Waals surface area contributed by atoms with Crippen molar-refractivity contribution >= 4 is 61.5 Å². The third kappa shape index (κ3) is 8.39. The van der Waals surface area contributed by atoms with E-state index in [4.69, 9.17) is 9.84 Å². The number of benzene rings is 4. The van der Waals surface area contributed by atoms with Crippen molar-refractivity contribution in [2.45, 2.75) is 43.4 Å². The van der Waals surface area contributed by atoms with E-state index in [-0.39, 0.29) is 33.6 Å². The molecule has 0 radical (unpaired) electrons. The van der Waals surface area contributed by atoms with Gasteiger partial charge >= 0.3 is 11.9 Å². The van der Waals surface area contributed by atoms with Crippen LogP contribution in [0.2, 0.25) is 0 Å². The van der Waals surface area contributed by atoms with Gasteiger partial charge in [-0.05, 0) is 122 Å². The number of aryl methyl sites for hydroxylation is 3. The molecule has 11 nitrogen and oxygen atoms in total. The Labute approximate surface area is 304 Å². The molecule has 5 aromatic rings. The standard InChI is InChI=1S/C39H35N3O8S2/c1-50-39(47)27-15-11-24(12-16-27)9-10-25-13-19-29(20-14-25)40-36(44)34-32-7-2-3-8-33(32)51-37(34)41-35(43)28-5-4-6-31(23-28)52(48,49)42-30-21-17-26(18-22-30)38(45)46/h4-6,11-23,42H,2-3,7-10H2,1H3,(H,40,44)(H,41,43)(H,45,46). The van der Waals surface area contributed by atoms with Gasteiger partial charge in [-0.2, -0.15) is 0 Å². The largest absolute Gasteiger partial charge is 0.478 e. The zero-order chi connectivity index (χ0) is 36.8. The van der Waals surface area contributed by atoms with Gasteiger partial charge in [0, 0.05) is 21.8 Å². The van der Waals surface area contributed by atoms with E-state index in [1.54, 1.807) is 12.1 Å². The number of aromatic carboxylic acids is 1. The van der Waals surface area contributed by atoms with Crippen LogP contribution in [0.5, 0.6) is 0 Å². The summed E-state index contributed by atoms with van der Waals surface area (Å²) in [4.78, 5) is 51.0. The first-order chi connectivity index (χ1) is 25.0. The normalized spacial score (nSPS) is 12.3. The first-order valence-corrected chi connectivity index (χ1v) is 18.8. The summed E-state index contributed by atoms with van der Waals surface area (Å²) in [6.07, 6.45) is 4.93. The highest BCUT2D eigenvalue weighted by Crippen LogP contribution is 2.39. The molecule has 52 heavy (non-hydrogen) atoms. The SMILES string of the molecule is COC(=O)c1ccc(CCc2ccc(NC(=O)c3c(NC(=O)c4cccc(S(=O)(=O)Nc5ccc(C(=O)O)cc5)c4)sc4c3CCCC4)cc2)cc1. The van der Waals surface area contributed by atoms with Gasteiger partial charge in [-0.1, -0.05) is 30.3 Å². The minimum Gasteiger partial charge on any atom is -0.478 e. The number of hydrogen-bond donors (Lipinski definition) is 4. The van der Waals surface area contributed by atoms with Crippen LogP contribution in [-0.2, 0) is 40.4 Å². The third-order valence-corrected chi connectivity index (χ3v) is 11.3. The molecule has 0 bridgehead atoms. The van der Waals surface area contributed by atoms with Crippen molar-refractivity contribution in [1.29, 1.82) is 0 Å². The van der Waals surface area contributed by atoms with Crippen LogP contribution in [0.15, 0.2) is 102 Å². The number of hydrogen-bond acceptors (Lipinski definition) is 8. The lowest BCUT2D eigenvalue weighted by Crippen LogP contribution is -2.19. The number of carbonyl (C=O) groups excluding carboxylic acids is 3. The Kier molecular flexibility index (Phi) is 10.8. The molecule has 1 aliphatic carbocycles. The lowest BCUT2D eigenvalue weighted by Gasteiger charge is -2.14. The van der Waals surface area contributed by atoms with Gasteiger partial charge in [0.2, 0.25) is 0 Å². The van der Waals surface area contributed by atoms with E-state index >= 15 is 0 Å². The van der Waals surface area contributed by atoms with E-state index < -0.39 is 21.9 Å². The highest BCUT2D eigenvalue weighted by molar-refractivity contribution is 7.92. The molecule has 0 fully saturated rings. The molecule has 13 heteroatoms. The Morgan fingerprint density at radius 1 is 0.731 bits per heavy atom. The molecule has 1 aliphatic rings. The van der Waals surface area contributed by atoms with Crippen molar-refractivity contribution < 1.29 is 37.4 Å². The molecule has 0 saturated heterocycles. The van der Waals surface area contributed by atoms with Crippen molar-refractivity contribution in [1.82, 2.24) is 0 Å². The predicted octanol–water partition coefficient (Wildman–Crippen LogP) is 7.20. The highest BCUT2D eigenvalue weighted by Gasteiger charge is 2.27. The minimum absolute atomic E-state index is 0.0110. The van der Waals surface area contributed by atoms with Crippen molar-refractivity contribution in [2.75, 3.05) is 22.5 Å². The maximum Gasteiger partial charge on any atom is 0.337 e. The number of carboxylic acid groups (broad SMARTS) is 1. The molecule has 1 heterocycles. The fourth-order valence-electron chi connectivity index (χ4n) is 5.93. The van der Waals surface area contributed by atoms with Crippen molar-refractivity contribution in [2.24, 2.45) is 0 Å². The lowest BCUT2D eigenvalue weighted by atomic mass is 9.95. The van der Waals surface area contributed by atoms with Crippen LogP contribution in [0.3, 0.4) is 0 Å². The Morgan fingerprint density at radius 3 is 2.00 bits per heavy atom. The molecular formula is C39H35N3O8S2. The average molecular weight is 738 g/mol. The summed E-state index contributed by atoms with van der Waals surface area (Å²) in [5.74, 6) is -2.43. The lowest BCUT2D eigenvalue weighted by molar-refractivity contribution is 0.0599. The van der Waals surface area contributed by atoms with E-state index in [1.807, 2.05) is 36.4 Å². The Balaban J connectivity index is 1.14. The number of sulfonamides is 1. The number of rotatable bonds is 12. The summed E-state index contributed by atoms with van der Waals surface area (Å²) >= 11 is 1.36. The van der Waals surface area contributed by atoms with E-state index in [0.717, 1.165) is 53.7 Å². The highest BCUT2D eigenvalue weighted by atomic mass is 32.2. The maximum atomic E-state index is 13.8. The molecule has 266 valence electrons. The van der Waals surface area contributed by atoms with Crippen LogP contribution in [-0.4, -0.2) is 44.4 Å². The average Bonchev–Trinajstić information content (AvgIpc) is 3.52. The Hall–Kier alpha value is -5.79. The number of amides is 2. The van der Waals surface area contributed by atoms with Gasteiger partial charge < -0.3 is 20.5 Å². The van der Waals surface area contributed by atoms with Crippen molar-refractivity contribution in [3.8, 4) is 0 Å². The molecule has 4 aromatic carbocycles. The molecule has 6 rings (SSSR count). The van der Waals surface area contributed by atoms with E-state index in [2.05, 4.69) is 15.4 Å². The van der Waals surface area contributed by atoms with Crippen LogP contribution < -0.4 is 15.4 Å². The van der Waals surface area contributed by atoms with Crippen LogP contribution in [0.4, 0.5) is 16.4 Å². The Bertz CT molecular complexity index is 2250. The molecule has 1 aromatic heterocycles. The smallest absolute Gasteiger partial charge is 0.337 e. The second-order valence-corrected chi connectivity index (χ2v) is 15.0. The summed E-state index contributed by atoms with van der Waals surface area (Å²) in [7, 11) is -2.76. The number of fused-ring (bicyclic) bond motifs is 1. The first-order valence-electron chi connectivity index (χ1n) is 16.5. The van der Waals surface area contributed by atoms with E-state index in [1.165, 1.54) is 67.0 Å². The second-order valence-electron chi connectivity index (χ2n) is 12.2. The molecule has 0 aliphatic heterocycles. The summed E-state index contributed by atoms with van der Waals surface area (Å²) in [6, 6.07) is 25.7. The number of esters is 1. The van der Waals surface area contributed by atoms with E-state index in [9.17, 15) is 27.6 Å². The summed E-state index contributed by atoms with van der Waals surface area (Å²) in [5.41, 5.74) is 4.83. The van der Waals surface area contributed by atoms with Crippen LogP contribution in [0.1, 0.15) is 75.8 Å². The minimum atomic E-state index is -4.11. The van der Waals surface area contributed by atoms with Crippen LogP contribution in [0, 0.1) is 0 Å². The number of carboxylic acids is 1. The van der Waals surface area contributed by atoms with E-state index in [0.29, 0.717) is 28.2 Å². The van der Waals surface area contributed by atoms with Crippen molar-refractivity contribution in [3.05, 3.63) is 141 Å². The molecule has 4 N–H and O–H groups in total. The zero-order valence-corrected chi connectivity index (χ0v) is 29.7. The maximum absolute atomic E-state index is 13.8. The number of methoxy groups -OCH3 is 1. The molecular weight excluding hydrogens is 703 g/mol. The van der Waals surface area contributed by atoms with Crippen LogP contribution in [0.25, 0.3) is 0 Å². The van der Waals surface area contributed by atoms with Gasteiger partial charge in [0.05, 0.1) is 28.7 Å². The number of carbonyl (C=O) groups is 4. The van der Waals surface area contributed by atoms with Gasteiger partial charge in [0.25, 0.3) is 21.8 Å². The van der Waals surface area contributed by atoms with Gasteiger partial charge in [-0.3, -0.25) is 14.3 Å². The second kappa shape index (κ2) is 15.6. The molecule has 0 saturated carbocycles. The summed E-state index contributed by atoms with van der Waals surface area (Å²) < 4.78 is 33.4. The third-order valence-electron chi connectivity index (χ3n) is 8.71. The molecule has 0 unspecified atom stereocenters. The Morgan fingerprint density at radius 2 is 1.35 bits per heavy atom. The number of nitrogens with one attached hydrogen (secondary N) is 3. The van der Waals surface area contributed by atoms with Gasteiger partial charge in [-0.15, -0.1) is 11.3 Å². The first kappa shape index (κ1) is 36.0.